The summed E-state index contributed by atoms with van der Waals surface area (Å²) in [6, 6.07) is 0. The molecule has 0 aromatic carbocycles. The van der Waals surface area contributed by atoms with Crippen molar-refractivity contribution in [2.24, 2.45) is 0 Å². The van der Waals surface area contributed by atoms with Gasteiger partial charge in [0.15, 0.2) is 0 Å². The molecule has 0 aliphatic rings. The summed E-state index contributed by atoms with van der Waals surface area (Å²) in [7, 11) is 0. The van der Waals surface area contributed by atoms with Gasteiger partial charge >= 0.3 is 0 Å². The molecule has 0 unspecified atom stereocenters. The zero-order chi connectivity index (χ0) is 10.7. The standard InChI is InChI=1S/C10H12BrN3S/c1-2-4-14-5-3-12-9(14)6-10-13-8(11)7-15-10/h3,5,7H,2,4,6H2,1H3. The predicted molar refractivity (Wildman–Crippen MR) is 65.1 cm³/mol. The number of aryl methyl sites for hydroxylation is 1. The fourth-order valence-electron chi connectivity index (χ4n) is 1.46. The van der Waals surface area contributed by atoms with Crippen molar-refractivity contribution in [3.05, 3.63) is 33.2 Å². The average molecular weight is 286 g/mol. The maximum Gasteiger partial charge on any atom is 0.117 e. The molecular weight excluding hydrogens is 274 g/mol. The van der Waals surface area contributed by atoms with Gasteiger partial charge in [-0.3, -0.25) is 0 Å². The van der Waals surface area contributed by atoms with Gasteiger partial charge in [0, 0.05) is 24.3 Å². The third kappa shape index (κ3) is 2.66. The van der Waals surface area contributed by atoms with Crippen LogP contribution in [0.2, 0.25) is 0 Å². The fourth-order valence-corrected chi connectivity index (χ4v) is 2.72. The Bertz CT molecular complexity index is 435. The minimum atomic E-state index is 0.823. The van der Waals surface area contributed by atoms with Crippen LogP contribution in [0.15, 0.2) is 22.4 Å². The van der Waals surface area contributed by atoms with Crippen molar-refractivity contribution in [3.8, 4) is 0 Å². The normalized spacial score (nSPS) is 10.8. The van der Waals surface area contributed by atoms with Crippen LogP contribution in [0.25, 0.3) is 0 Å². The minimum Gasteiger partial charge on any atom is -0.335 e. The molecule has 15 heavy (non-hydrogen) atoms. The van der Waals surface area contributed by atoms with Gasteiger partial charge in [-0.25, -0.2) is 9.97 Å². The number of imidazole rings is 1. The van der Waals surface area contributed by atoms with Gasteiger partial charge in [0.1, 0.15) is 15.4 Å². The molecule has 0 aliphatic carbocycles. The molecule has 0 radical (unpaired) electrons. The fraction of sp³-hybridized carbons (Fsp3) is 0.400. The number of hydrogen-bond donors (Lipinski definition) is 0. The van der Waals surface area contributed by atoms with Crippen molar-refractivity contribution in [1.29, 1.82) is 0 Å². The van der Waals surface area contributed by atoms with E-state index >= 15 is 0 Å². The first kappa shape index (κ1) is 10.8. The van der Waals surface area contributed by atoms with E-state index in [2.05, 4.69) is 37.4 Å². The lowest BCUT2D eigenvalue weighted by Crippen LogP contribution is -2.03. The Hall–Kier alpha value is -0.680. The van der Waals surface area contributed by atoms with Crippen LogP contribution in [0.1, 0.15) is 24.2 Å². The number of aromatic nitrogens is 3. The maximum atomic E-state index is 4.37. The topological polar surface area (TPSA) is 30.7 Å². The molecule has 0 aliphatic heterocycles. The largest absolute Gasteiger partial charge is 0.335 e. The van der Waals surface area contributed by atoms with E-state index < -0.39 is 0 Å². The van der Waals surface area contributed by atoms with Crippen molar-refractivity contribution in [2.45, 2.75) is 26.3 Å². The summed E-state index contributed by atoms with van der Waals surface area (Å²) in [6.07, 6.45) is 5.84. The molecule has 0 saturated carbocycles. The molecule has 2 aromatic rings. The SMILES string of the molecule is CCCn1ccnc1Cc1nc(Br)cs1. The minimum absolute atomic E-state index is 0.823. The van der Waals surface area contributed by atoms with Crippen LogP contribution in [0.4, 0.5) is 0 Å². The summed E-state index contributed by atoms with van der Waals surface area (Å²) in [5.74, 6) is 1.10. The second-order valence-electron chi connectivity index (χ2n) is 3.28. The van der Waals surface area contributed by atoms with Gasteiger partial charge in [-0.2, -0.15) is 0 Å². The van der Waals surface area contributed by atoms with Crippen molar-refractivity contribution in [2.75, 3.05) is 0 Å². The Morgan fingerprint density at radius 2 is 2.40 bits per heavy atom. The second-order valence-corrected chi connectivity index (χ2v) is 5.03. The predicted octanol–water partition coefficient (Wildman–Crippen LogP) is 3.10. The van der Waals surface area contributed by atoms with Crippen LogP contribution >= 0.6 is 27.3 Å². The Balaban J connectivity index is 2.13. The molecule has 0 spiro atoms. The molecule has 80 valence electrons. The van der Waals surface area contributed by atoms with Gasteiger partial charge in [0.25, 0.3) is 0 Å². The molecule has 3 nitrogen and oxygen atoms in total. The number of hydrogen-bond acceptors (Lipinski definition) is 3. The summed E-state index contributed by atoms with van der Waals surface area (Å²) in [5.41, 5.74) is 0. The third-order valence-corrected chi connectivity index (χ3v) is 3.66. The van der Waals surface area contributed by atoms with E-state index in [0.717, 1.165) is 34.8 Å². The lowest BCUT2D eigenvalue weighted by molar-refractivity contribution is 0.646. The van der Waals surface area contributed by atoms with Gasteiger partial charge in [-0.05, 0) is 22.4 Å². The molecule has 0 atom stereocenters. The number of rotatable bonds is 4. The Kier molecular flexibility index (Phi) is 3.53. The highest BCUT2D eigenvalue weighted by Gasteiger charge is 2.06. The summed E-state index contributed by atoms with van der Waals surface area (Å²) in [4.78, 5) is 8.72. The van der Waals surface area contributed by atoms with E-state index in [1.807, 2.05) is 17.8 Å². The summed E-state index contributed by atoms with van der Waals surface area (Å²) in [5, 5.41) is 3.10. The number of thiazole rings is 1. The van der Waals surface area contributed by atoms with Crippen molar-refractivity contribution >= 4 is 27.3 Å². The summed E-state index contributed by atoms with van der Waals surface area (Å²) >= 11 is 5.02. The maximum absolute atomic E-state index is 4.37. The molecule has 0 amide bonds. The van der Waals surface area contributed by atoms with Gasteiger partial charge in [-0.1, -0.05) is 6.92 Å². The van der Waals surface area contributed by atoms with Crippen LogP contribution < -0.4 is 0 Å². The first-order chi connectivity index (χ1) is 7.29. The number of halogens is 1. The monoisotopic (exact) mass is 285 g/mol. The van der Waals surface area contributed by atoms with Gasteiger partial charge in [0.2, 0.25) is 0 Å². The summed E-state index contributed by atoms with van der Waals surface area (Å²) in [6.45, 7) is 3.20. The molecule has 0 N–H and O–H groups in total. The van der Waals surface area contributed by atoms with Gasteiger partial charge in [0.05, 0.1) is 6.42 Å². The van der Waals surface area contributed by atoms with Gasteiger partial charge in [-0.15, -0.1) is 11.3 Å². The second kappa shape index (κ2) is 4.90. The molecule has 0 fully saturated rings. The zero-order valence-corrected chi connectivity index (χ0v) is 10.9. The highest BCUT2D eigenvalue weighted by Crippen LogP contribution is 2.17. The Morgan fingerprint density at radius 1 is 1.53 bits per heavy atom. The Morgan fingerprint density at radius 3 is 3.07 bits per heavy atom. The van der Waals surface area contributed by atoms with Crippen LogP contribution in [-0.2, 0) is 13.0 Å². The highest BCUT2D eigenvalue weighted by molar-refractivity contribution is 9.10. The van der Waals surface area contributed by atoms with Crippen molar-refractivity contribution in [3.63, 3.8) is 0 Å². The van der Waals surface area contributed by atoms with Crippen LogP contribution in [-0.4, -0.2) is 14.5 Å². The van der Waals surface area contributed by atoms with Crippen molar-refractivity contribution in [1.82, 2.24) is 14.5 Å². The molecule has 2 aromatic heterocycles. The van der Waals surface area contributed by atoms with E-state index in [4.69, 9.17) is 0 Å². The molecule has 5 heteroatoms. The van der Waals surface area contributed by atoms with E-state index in [1.54, 1.807) is 11.3 Å². The van der Waals surface area contributed by atoms with Crippen molar-refractivity contribution < 1.29 is 0 Å². The van der Waals surface area contributed by atoms with Gasteiger partial charge < -0.3 is 4.57 Å². The first-order valence-electron chi connectivity index (χ1n) is 4.89. The zero-order valence-electron chi connectivity index (χ0n) is 8.48. The molecular formula is C10H12BrN3S. The Labute approximate surface area is 101 Å². The van der Waals surface area contributed by atoms with E-state index in [9.17, 15) is 0 Å². The smallest absolute Gasteiger partial charge is 0.117 e. The van der Waals surface area contributed by atoms with E-state index in [1.165, 1.54) is 0 Å². The first-order valence-corrected chi connectivity index (χ1v) is 6.56. The van der Waals surface area contributed by atoms with E-state index in [-0.39, 0.29) is 0 Å². The van der Waals surface area contributed by atoms with E-state index in [0.29, 0.717) is 0 Å². The molecule has 0 bridgehead atoms. The quantitative estimate of drug-likeness (QED) is 0.864. The lowest BCUT2D eigenvalue weighted by Gasteiger charge is -2.03. The third-order valence-electron chi connectivity index (χ3n) is 2.10. The lowest BCUT2D eigenvalue weighted by atomic mass is 10.4. The van der Waals surface area contributed by atoms with Crippen LogP contribution in [0.3, 0.4) is 0 Å². The molecule has 0 saturated heterocycles. The van der Waals surface area contributed by atoms with Crippen LogP contribution in [0, 0.1) is 0 Å². The summed E-state index contributed by atoms with van der Waals surface area (Å²) < 4.78 is 3.10. The van der Waals surface area contributed by atoms with Crippen LogP contribution in [0.5, 0.6) is 0 Å². The molecule has 2 heterocycles. The highest BCUT2D eigenvalue weighted by atomic mass is 79.9. The number of nitrogens with zero attached hydrogens (tertiary/aromatic N) is 3. The average Bonchev–Trinajstić information content (AvgIpc) is 2.78. The molecule has 2 rings (SSSR count).